The Kier molecular flexibility index (Phi) is 5.05. The van der Waals surface area contributed by atoms with Gasteiger partial charge in [0.15, 0.2) is 5.75 Å². The van der Waals surface area contributed by atoms with E-state index in [0.29, 0.717) is 12.2 Å². The number of carboxylic acids is 1. The Bertz CT molecular complexity index is 508. The molecule has 1 N–H and O–H groups in total. The summed E-state index contributed by atoms with van der Waals surface area (Å²) < 4.78 is 5.36. The monoisotopic (exact) mass is 265 g/mol. The molecule has 0 saturated carbocycles. The van der Waals surface area contributed by atoms with E-state index < -0.39 is 10.9 Å². The van der Waals surface area contributed by atoms with E-state index in [0.717, 1.165) is 6.08 Å². The van der Waals surface area contributed by atoms with Crippen LogP contribution in [-0.4, -0.2) is 22.6 Å². The molecule has 0 spiro atoms. The Morgan fingerprint density at radius 2 is 2.21 bits per heavy atom. The molecule has 0 bridgehead atoms. The van der Waals surface area contributed by atoms with Crippen molar-refractivity contribution in [3.8, 4) is 5.75 Å². The molecule has 0 saturated heterocycles. The van der Waals surface area contributed by atoms with Crippen LogP contribution >= 0.6 is 0 Å². The minimum Gasteiger partial charge on any atom is -0.487 e. The lowest BCUT2D eigenvalue weighted by molar-refractivity contribution is -0.385. The predicted octanol–water partition coefficient (Wildman–Crippen LogP) is 2.73. The molecular formula is C13H15NO5. The number of nitrogens with zero attached hydrogens (tertiary/aromatic N) is 1. The predicted molar refractivity (Wildman–Crippen MR) is 70.1 cm³/mol. The molecule has 6 heteroatoms. The van der Waals surface area contributed by atoms with Crippen molar-refractivity contribution in [3.05, 3.63) is 40.0 Å². The van der Waals surface area contributed by atoms with Gasteiger partial charge >= 0.3 is 11.7 Å². The highest BCUT2D eigenvalue weighted by molar-refractivity contribution is 5.85. The van der Waals surface area contributed by atoms with Gasteiger partial charge in [0.1, 0.15) is 0 Å². The molecule has 1 aromatic carbocycles. The molecule has 1 rings (SSSR count). The number of ether oxygens (including phenoxy) is 1. The van der Waals surface area contributed by atoms with E-state index in [2.05, 4.69) is 0 Å². The van der Waals surface area contributed by atoms with E-state index in [1.165, 1.54) is 18.2 Å². The van der Waals surface area contributed by atoms with Crippen LogP contribution in [0.5, 0.6) is 5.75 Å². The zero-order chi connectivity index (χ0) is 14.4. The summed E-state index contributed by atoms with van der Waals surface area (Å²) in [7, 11) is 0. The van der Waals surface area contributed by atoms with E-state index in [1.54, 1.807) is 6.07 Å². The molecule has 0 atom stereocenters. The maximum absolute atomic E-state index is 10.9. The summed E-state index contributed by atoms with van der Waals surface area (Å²) >= 11 is 0. The van der Waals surface area contributed by atoms with Crippen LogP contribution in [0.15, 0.2) is 24.3 Å². The highest BCUT2D eigenvalue weighted by atomic mass is 16.6. The average molecular weight is 265 g/mol. The van der Waals surface area contributed by atoms with Crippen LogP contribution in [-0.2, 0) is 4.79 Å². The standard InChI is InChI=1S/C13H15NO5/c1-9(2)8-19-12-5-3-10(4-6-13(15)16)7-11(12)14(17)18/h3-7,9H,8H2,1-2H3,(H,15,16)/b6-4-. The summed E-state index contributed by atoms with van der Waals surface area (Å²) in [6, 6.07) is 4.33. The smallest absolute Gasteiger partial charge is 0.328 e. The molecule has 0 radical (unpaired) electrons. The molecule has 6 nitrogen and oxygen atoms in total. The lowest BCUT2D eigenvalue weighted by Gasteiger charge is -2.09. The molecule has 0 aliphatic heterocycles. The quantitative estimate of drug-likeness (QED) is 0.485. The number of hydrogen-bond donors (Lipinski definition) is 1. The second-order valence-corrected chi connectivity index (χ2v) is 4.36. The molecule has 0 fully saturated rings. The fourth-order valence-corrected chi connectivity index (χ4v) is 1.33. The van der Waals surface area contributed by atoms with Gasteiger partial charge in [-0.15, -0.1) is 0 Å². The van der Waals surface area contributed by atoms with E-state index in [9.17, 15) is 14.9 Å². The Morgan fingerprint density at radius 1 is 1.53 bits per heavy atom. The second kappa shape index (κ2) is 6.53. The summed E-state index contributed by atoms with van der Waals surface area (Å²) in [4.78, 5) is 20.8. The van der Waals surface area contributed by atoms with Gasteiger partial charge in [-0.05, 0) is 23.6 Å². The Hall–Kier alpha value is -2.37. The molecule has 0 unspecified atom stereocenters. The number of nitro groups is 1. The van der Waals surface area contributed by atoms with Crippen LogP contribution in [0.3, 0.4) is 0 Å². The first-order valence-corrected chi connectivity index (χ1v) is 5.72. The van der Waals surface area contributed by atoms with Crippen molar-refractivity contribution >= 4 is 17.7 Å². The molecule has 0 heterocycles. The van der Waals surface area contributed by atoms with Crippen molar-refractivity contribution < 1.29 is 19.6 Å². The van der Waals surface area contributed by atoms with Gasteiger partial charge in [0.2, 0.25) is 0 Å². The van der Waals surface area contributed by atoms with Crippen LogP contribution in [0.25, 0.3) is 6.08 Å². The SMILES string of the molecule is CC(C)COc1ccc(/C=C\C(=O)O)cc1[N+](=O)[O-]. The molecule has 0 aliphatic rings. The fourth-order valence-electron chi connectivity index (χ4n) is 1.33. The van der Waals surface area contributed by atoms with E-state index in [4.69, 9.17) is 9.84 Å². The number of hydrogen-bond acceptors (Lipinski definition) is 4. The first kappa shape index (κ1) is 14.7. The minimum atomic E-state index is -1.11. The summed E-state index contributed by atoms with van der Waals surface area (Å²) in [6.45, 7) is 4.26. The van der Waals surface area contributed by atoms with Crippen molar-refractivity contribution in [3.63, 3.8) is 0 Å². The summed E-state index contributed by atoms with van der Waals surface area (Å²) in [5.41, 5.74) is 0.263. The fraction of sp³-hybridized carbons (Fsp3) is 0.308. The first-order chi connectivity index (χ1) is 8.90. The third kappa shape index (κ3) is 4.79. The number of rotatable bonds is 6. The molecule has 0 aromatic heterocycles. The van der Waals surface area contributed by atoms with Gasteiger partial charge in [0.05, 0.1) is 11.5 Å². The van der Waals surface area contributed by atoms with Crippen molar-refractivity contribution in [1.29, 1.82) is 0 Å². The second-order valence-electron chi connectivity index (χ2n) is 4.36. The third-order valence-corrected chi connectivity index (χ3v) is 2.17. The normalized spacial score (nSPS) is 10.9. The molecule has 0 aliphatic carbocycles. The van der Waals surface area contributed by atoms with Crippen LogP contribution in [0.1, 0.15) is 19.4 Å². The summed E-state index contributed by atoms with van der Waals surface area (Å²) in [5.74, 6) is -0.667. The average Bonchev–Trinajstić information content (AvgIpc) is 2.33. The Morgan fingerprint density at radius 3 is 2.74 bits per heavy atom. The Labute approximate surface area is 110 Å². The van der Waals surface area contributed by atoms with Crippen molar-refractivity contribution in [2.24, 2.45) is 5.92 Å². The highest BCUT2D eigenvalue weighted by Gasteiger charge is 2.15. The summed E-state index contributed by atoms with van der Waals surface area (Å²) in [6.07, 6.45) is 2.22. The van der Waals surface area contributed by atoms with Gasteiger partial charge in [-0.25, -0.2) is 4.79 Å². The molecule has 1 aromatic rings. The van der Waals surface area contributed by atoms with Crippen molar-refractivity contribution in [2.45, 2.75) is 13.8 Å². The number of carboxylic acid groups (broad SMARTS) is 1. The van der Waals surface area contributed by atoms with E-state index >= 15 is 0 Å². The zero-order valence-electron chi connectivity index (χ0n) is 10.7. The van der Waals surface area contributed by atoms with Gasteiger partial charge in [-0.1, -0.05) is 19.9 Å². The number of carbonyl (C=O) groups is 1. The maximum atomic E-state index is 10.9. The van der Waals surface area contributed by atoms with Gasteiger partial charge in [-0.3, -0.25) is 10.1 Å². The largest absolute Gasteiger partial charge is 0.487 e. The zero-order valence-corrected chi connectivity index (χ0v) is 10.7. The number of benzene rings is 1. The van der Waals surface area contributed by atoms with E-state index in [-0.39, 0.29) is 17.4 Å². The lowest BCUT2D eigenvalue weighted by Crippen LogP contribution is -2.06. The summed E-state index contributed by atoms with van der Waals surface area (Å²) in [5, 5.41) is 19.4. The van der Waals surface area contributed by atoms with Crippen LogP contribution < -0.4 is 4.74 Å². The molecular weight excluding hydrogens is 250 g/mol. The lowest BCUT2D eigenvalue weighted by atomic mass is 10.1. The van der Waals surface area contributed by atoms with Crippen LogP contribution in [0.4, 0.5) is 5.69 Å². The van der Waals surface area contributed by atoms with Gasteiger partial charge in [0.25, 0.3) is 0 Å². The van der Waals surface area contributed by atoms with Gasteiger partial charge in [-0.2, -0.15) is 0 Å². The molecule has 0 amide bonds. The molecule has 102 valence electrons. The maximum Gasteiger partial charge on any atom is 0.328 e. The van der Waals surface area contributed by atoms with Gasteiger partial charge in [0, 0.05) is 12.1 Å². The highest BCUT2D eigenvalue weighted by Crippen LogP contribution is 2.28. The number of aliphatic carboxylic acids is 1. The topological polar surface area (TPSA) is 89.7 Å². The van der Waals surface area contributed by atoms with Crippen molar-refractivity contribution in [1.82, 2.24) is 0 Å². The minimum absolute atomic E-state index is 0.173. The third-order valence-electron chi connectivity index (χ3n) is 2.17. The number of nitro benzene ring substituents is 1. The first-order valence-electron chi connectivity index (χ1n) is 5.72. The van der Waals surface area contributed by atoms with Crippen molar-refractivity contribution in [2.75, 3.05) is 6.61 Å². The van der Waals surface area contributed by atoms with Crippen LogP contribution in [0.2, 0.25) is 0 Å². The Balaban J connectivity index is 3.01. The van der Waals surface area contributed by atoms with E-state index in [1.807, 2.05) is 13.8 Å². The van der Waals surface area contributed by atoms with Gasteiger partial charge < -0.3 is 9.84 Å². The molecule has 19 heavy (non-hydrogen) atoms. The van der Waals surface area contributed by atoms with Crippen LogP contribution in [0, 0.1) is 16.0 Å².